The van der Waals surface area contributed by atoms with Crippen molar-refractivity contribution in [3.05, 3.63) is 24.6 Å². The molecular weight excluding hydrogens is 254 g/mol. The van der Waals surface area contributed by atoms with E-state index in [-0.39, 0.29) is 11.0 Å². The maximum atomic E-state index is 11.1. The molecule has 5 nitrogen and oxygen atoms in total. The quantitative estimate of drug-likeness (QED) is 0.476. The fourth-order valence-corrected chi connectivity index (χ4v) is 2.37. The van der Waals surface area contributed by atoms with Crippen molar-refractivity contribution in [1.82, 2.24) is 0 Å². The van der Waals surface area contributed by atoms with Crippen LogP contribution in [0, 0.1) is 0 Å². The Morgan fingerprint density at radius 3 is 2.90 bits per heavy atom. The summed E-state index contributed by atoms with van der Waals surface area (Å²) in [6.45, 7) is 3.18. The van der Waals surface area contributed by atoms with Gasteiger partial charge < -0.3 is 10.8 Å². The molecule has 1 aliphatic rings. The molecule has 1 atom stereocenters. The molecule has 0 aromatic heterocycles. The number of rotatable bonds is 10. The van der Waals surface area contributed by atoms with Crippen molar-refractivity contribution in [2.45, 2.75) is 39.0 Å². The minimum atomic E-state index is -0.839. The number of carbonyl (C=O) groups is 1. The van der Waals surface area contributed by atoms with E-state index in [1.165, 1.54) is 25.7 Å². The van der Waals surface area contributed by atoms with Crippen molar-refractivity contribution in [2.24, 2.45) is 10.7 Å². The summed E-state index contributed by atoms with van der Waals surface area (Å²) in [6, 6.07) is 0. The zero-order chi connectivity index (χ0) is 14.8. The molecule has 1 aliphatic heterocycles. The molecule has 0 aromatic carbocycles. The van der Waals surface area contributed by atoms with Crippen LogP contribution in [0.3, 0.4) is 0 Å². The van der Waals surface area contributed by atoms with E-state index in [0.29, 0.717) is 13.1 Å². The molecule has 0 saturated heterocycles. The Morgan fingerprint density at radius 2 is 2.25 bits per heavy atom. The monoisotopic (exact) mass is 280 g/mol. The van der Waals surface area contributed by atoms with Gasteiger partial charge in [0.2, 0.25) is 5.84 Å². The SMILES string of the molecule is CCCCCC/C=C/C1=NC=C[N+]1(CCN)CC(=O)O. The van der Waals surface area contributed by atoms with E-state index in [4.69, 9.17) is 10.8 Å². The van der Waals surface area contributed by atoms with Crippen LogP contribution in [0.25, 0.3) is 0 Å². The van der Waals surface area contributed by atoms with E-state index < -0.39 is 5.97 Å². The summed E-state index contributed by atoms with van der Waals surface area (Å²) in [5, 5.41) is 9.08. The van der Waals surface area contributed by atoms with Crippen molar-refractivity contribution >= 4 is 11.8 Å². The van der Waals surface area contributed by atoms with Gasteiger partial charge in [0.25, 0.3) is 0 Å². The molecule has 0 saturated carbocycles. The van der Waals surface area contributed by atoms with Crippen LogP contribution in [-0.4, -0.2) is 41.0 Å². The van der Waals surface area contributed by atoms with Crippen LogP contribution >= 0.6 is 0 Å². The minimum absolute atomic E-state index is 0.00723. The van der Waals surface area contributed by atoms with Crippen LogP contribution < -0.4 is 5.73 Å². The summed E-state index contributed by atoms with van der Waals surface area (Å²) >= 11 is 0. The van der Waals surface area contributed by atoms with Gasteiger partial charge in [0.15, 0.2) is 6.54 Å². The molecule has 0 fully saturated rings. The maximum absolute atomic E-state index is 11.1. The van der Waals surface area contributed by atoms with Crippen LogP contribution in [0.2, 0.25) is 0 Å². The van der Waals surface area contributed by atoms with Crippen molar-refractivity contribution in [3.63, 3.8) is 0 Å². The lowest BCUT2D eigenvalue weighted by Crippen LogP contribution is -2.51. The lowest BCUT2D eigenvalue weighted by atomic mass is 10.1. The number of carboxylic acids is 1. The number of hydrogen-bond donors (Lipinski definition) is 2. The van der Waals surface area contributed by atoms with Crippen molar-refractivity contribution < 1.29 is 14.4 Å². The molecule has 0 spiro atoms. The number of carboxylic acid groups (broad SMARTS) is 1. The third-order valence-electron chi connectivity index (χ3n) is 3.45. The Bertz CT molecular complexity index is 402. The van der Waals surface area contributed by atoms with Crippen LogP contribution in [-0.2, 0) is 4.79 Å². The number of amidine groups is 1. The molecule has 0 aromatic rings. The first-order valence-electron chi connectivity index (χ1n) is 7.36. The average Bonchev–Trinajstić information content (AvgIpc) is 2.76. The van der Waals surface area contributed by atoms with Gasteiger partial charge >= 0.3 is 5.97 Å². The Labute approximate surface area is 121 Å². The first-order valence-corrected chi connectivity index (χ1v) is 7.36. The Balaban J connectivity index is 2.58. The van der Waals surface area contributed by atoms with Gasteiger partial charge in [-0.15, -0.1) is 0 Å². The molecule has 0 radical (unpaired) electrons. The highest BCUT2D eigenvalue weighted by Gasteiger charge is 2.35. The average molecular weight is 280 g/mol. The molecule has 0 aliphatic carbocycles. The normalized spacial score (nSPS) is 21.6. The molecule has 1 rings (SSSR count). The second kappa shape index (κ2) is 8.66. The molecule has 0 bridgehead atoms. The predicted molar refractivity (Wildman–Crippen MR) is 81.2 cm³/mol. The summed E-state index contributed by atoms with van der Waals surface area (Å²) < 4.78 is 0.220. The van der Waals surface area contributed by atoms with Gasteiger partial charge in [0.05, 0.1) is 6.20 Å². The van der Waals surface area contributed by atoms with Crippen LogP contribution in [0.5, 0.6) is 0 Å². The zero-order valence-electron chi connectivity index (χ0n) is 12.3. The highest BCUT2D eigenvalue weighted by atomic mass is 16.4. The van der Waals surface area contributed by atoms with Crippen molar-refractivity contribution in [1.29, 1.82) is 0 Å². The molecule has 20 heavy (non-hydrogen) atoms. The number of nitrogens with two attached hydrogens (primary N) is 1. The number of aliphatic carboxylic acids is 1. The molecule has 1 heterocycles. The van der Waals surface area contributed by atoms with Crippen molar-refractivity contribution in [2.75, 3.05) is 19.6 Å². The van der Waals surface area contributed by atoms with Crippen LogP contribution in [0.4, 0.5) is 0 Å². The Morgan fingerprint density at radius 1 is 1.45 bits per heavy atom. The van der Waals surface area contributed by atoms with Gasteiger partial charge in [-0.2, -0.15) is 4.99 Å². The fraction of sp³-hybridized carbons (Fsp3) is 0.600. The summed E-state index contributed by atoms with van der Waals surface area (Å²) in [5.74, 6) is -0.0672. The van der Waals surface area contributed by atoms with Crippen LogP contribution in [0.15, 0.2) is 29.5 Å². The fourth-order valence-electron chi connectivity index (χ4n) is 2.37. The zero-order valence-corrected chi connectivity index (χ0v) is 12.3. The Hall–Kier alpha value is -1.46. The third kappa shape index (κ3) is 4.90. The van der Waals surface area contributed by atoms with E-state index in [9.17, 15) is 4.79 Å². The summed E-state index contributed by atoms with van der Waals surface area (Å²) in [4.78, 5) is 15.4. The van der Waals surface area contributed by atoms with E-state index in [2.05, 4.69) is 18.0 Å². The number of unbranched alkanes of at least 4 members (excludes halogenated alkanes) is 4. The number of hydrogen-bond acceptors (Lipinski definition) is 3. The molecule has 0 amide bonds. The number of nitrogens with zero attached hydrogens (tertiary/aromatic N) is 2. The first kappa shape index (κ1) is 16.6. The summed E-state index contributed by atoms with van der Waals surface area (Å²) in [7, 11) is 0. The van der Waals surface area contributed by atoms with Gasteiger partial charge in [-0.1, -0.05) is 32.3 Å². The lowest BCUT2D eigenvalue weighted by Gasteiger charge is -2.28. The van der Waals surface area contributed by atoms with Gasteiger partial charge in [0.1, 0.15) is 12.7 Å². The number of quaternary nitrogens is 1. The van der Waals surface area contributed by atoms with E-state index in [1.54, 1.807) is 6.20 Å². The standard InChI is InChI=1S/C15H25N3O2/c1-2-3-4-5-6-7-8-14-17-10-12-18(14,11-9-16)13-15(19)20/h7-8,10,12H,2-6,9,11,13,16H2,1H3/p+1/b8-7+. The number of allylic oxidation sites excluding steroid dienone is 1. The Kier molecular flexibility index (Phi) is 7.18. The lowest BCUT2D eigenvalue weighted by molar-refractivity contribution is -0.775. The largest absolute Gasteiger partial charge is 0.477 e. The van der Waals surface area contributed by atoms with Crippen LogP contribution in [0.1, 0.15) is 39.0 Å². The minimum Gasteiger partial charge on any atom is -0.477 e. The van der Waals surface area contributed by atoms with Gasteiger partial charge in [-0.05, 0) is 12.8 Å². The molecule has 112 valence electrons. The van der Waals surface area contributed by atoms with Gasteiger partial charge in [-0.25, -0.2) is 9.28 Å². The highest BCUT2D eigenvalue weighted by Crippen LogP contribution is 2.17. The van der Waals surface area contributed by atoms with E-state index in [1.807, 2.05) is 12.3 Å². The van der Waals surface area contributed by atoms with Gasteiger partial charge in [0, 0.05) is 12.6 Å². The van der Waals surface area contributed by atoms with E-state index >= 15 is 0 Å². The second-order valence-corrected chi connectivity index (χ2v) is 5.14. The molecule has 3 N–H and O–H groups in total. The smallest absolute Gasteiger partial charge is 0.360 e. The van der Waals surface area contributed by atoms with Gasteiger partial charge in [-0.3, -0.25) is 0 Å². The topological polar surface area (TPSA) is 75.7 Å². The summed E-state index contributed by atoms with van der Waals surface area (Å²) in [5.41, 5.74) is 5.62. The number of aliphatic imine (C=N–C) groups is 1. The third-order valence-corrected chi connectivity index (χ3v) is 3.45. The summed E-state index contributed by atoms with van der Waals surface area (Å²) in [6.07, 6.45) is 13.4. The highest BCUT2D eigenvalue weighted by molar-refractivity contribution is 5.90. The molecule has 1 unspecified atom stereocenters. The first-order chi connectivity index (χ1) is 9.64. The maximum Gasteiger partial charge on any atom is 0.360 e. The molecular formula is C15H26N3O2+. The predicted octanol–water partition coefficient (Wildman–Crippen LogP) is 2.26. The van der Waals surface area contributed by atoms with E-state index in [0.717, 1.165) is 12.3 Å². The second-order valence-electron chi connectivity index (χ2n) is 5.14. The van der Waals surface area contributed by atoms with Crippen molar-refractivity contribution in [3.8, 4) is 0 Å². The molecule has 5 heteroatoms.